The highest BCUT2D eigenvalue weighted by Gasteiger charge is 2.29. The lowest BCUT2D eigenvalue weighted by atomic mass is 10.1. The molecule has 1 aliphatic rings. The highest BCUT2D eigenvalue weighted by molar-refractivity contribution is 5.83. The Morgan fingerprint density at radius 2 is 1.84 bits per heavy atom. The molecule has 0 saturated carbocycles. The van der Waals surface area contributed by atoms with E-state index in [0.29, 0.717) is 0 Å². The Morgan fingerprint density at radius 3 is 2.49 bits per heavy atom. The van der Waals surface area contributed by atoms with Crippen molar-refractivity contribution in [2.24, 2.45) is 9.98 Å². The van der Waals surface area contributed by atoms with Crippen LogP contribution < -0.4 is 10.7 Å². The van der Waals surface area contributed by atoms with Crippen molar-refractivity contribution in [3.63, 3.8) is 0 Å². The van der Waals surface area contributed by atoms with Crippen LogP contribution in [0.5, 0.6) is 0 Å². The average molecular weight is 562 g/mol. The van der Waals surface area contributed by atoms with Gasteiger partial charge in [-0.25, -0.2) is 44.9 Å². The van der Waals surface area contributed by atoms with Crippen LogP contribution in [0.15, 0.2) is 50.2 Å². The average Bonchev–Trinajstić information content (AvgIpc) is 3.65. The monoisotopic (exact) mass is 562 g/mol. The number of benzene rings is 2. The lowest BCUT2D eigenvalue weighted by Gasteiger charge is -2.10. The molecular weight excluding hydrogens is 552 g/mol. The fraction of sp³-hybridized carbons (Fsp3) is 0.107. The van der Waals surface area contributed by atoms with E-state index in [2.05, 4.69) is 39.6 Å². The number of rotatable bonds is 5. The maximum absolute atomic E-state index is 12.6. The molecule has 1 atom stereocenters. The maximum atomic E-state index is 12.6. The molecule has 0 radical (unpaired) electrons. The summed E-state index contributed by atoms with van der Waals surface area (Å²) in [5.41, 5.74) is 0.147. The lowest BCUT2D eigenvalue weighted by molar-refractivity contribution is -0.143. The number of nitriles is 4. The van der Waals surface area contributed by atoms with E-state index in [9.17, 15) is 25.8 Å². The molecule has 3 heterocycles. The van der Waals surface area contributed by atoms with Crippen LogP contribution in [0.25, 0.3) is 43.9 Å². The van der Waals surface area contributed by atoms with E-state index < -0.39 is 11.9 Å². The summed E-state index contributed by atoms with van der Waals surface area (Å²) in [6.07, 6.45) is 0. The molecule has 0 N–H and O–H groups in total. The molecule has 0 aliphatic carbocycles. The first-order valence-corrected chi connectivity index (χ1v) is 12.0. The number of aromatic nitrogens is 4. The molecule has 15 heteroatoms. The van der Waals surface area contributed by atoms with Crippen LogP contribution in [-0.4, -0.2) is 32.5 Å². The van der Waals surface area contributed by atoms with Gasteiger partial charge in [-0.15, -0.1) is 0 Å². The molecule has 200 valence electrons. The van der Waals surface area contributed by atoms with Crippen molar-refractivity contribution in [1.29, 1.82) is 21.0 Å². The van der Waals surface area contributed by atoms with Crippen molar-refractivity contribution >= 4 is 22.8 Å². The third-order valence-corrected chi connectivity index (χ3v) is 5.88. The van der Waals surface area contributed by atoms with E-state index in [1.807, 2.05) is 18.2 Å². The second kappa shape index (κ2) is 11.0. The van der Waals surface area contributed by atoms with Gasteiger partial charge < -0.3 is 9.15 Å². The van der Waals surface area contributed by atoms with Gasteiger partial charge in [0.25, 0.3) is 5.89 Å². The van der Waals surface area contributed by atoms with Crippen molar-refractivity contribution in [2.75, 3.05) is 6.61 Å². The fourth-order valence-electron chi connectivity index (χ4n) is 3.98. The van der Waals surface area contributed by atoms with Gasteiger partial charge in [-0.05, 0) is 31.2 Å². The van der Waals surface area contributed by atoms with Crippen LogP contribution in [0.3, 0.4) is 0 Å². The number of ether oxygens (including phenoxy) is 1. The summed E-state index contributed by atoms with van der Waals surface area (Å²) in [4.78, 5) is 44.6. The van der Waals surface area contributed by atoms with E-state index in [1.165, 1.54) is 24.3 Å². The van der Waals surface area contributed by atoms with E-state index >= 15 is 0 Å². The number of allylic oxidation sites excluding steroid dienone is 1. The Morgan fingerprint density at radius 1 is 1.05 bits per heavy atom. The molecule has 0 fully saturated rings. The minimum Gasteiger partial charge on any atom is -0.465 e. The van der Waals surface area contributed by atoms with Gasteiger partial charge in [0.2, 0.25) is 17.4 Å². The highest BCUT2D eigenvalue weighted by atomic mass is 16.5. The Balaban J connectivity index is 1.78. The minimum atomic E-state index is -1.59. The molecule has 0 bridgehead atoms. The van der Waals surface area contributed by atoms with Gasteiger partial charge in [-0.2, -0.15) is 15.8 Å². The van der Waals surface area contributed by atoms with Crippen molar-refractivity contribution in [1.82, 2.24) is 19.9 Å². The smallest absolute Gasteiger partial charge is 0.331 e. The van der Waals surface area contributed by atoms with Gasteiger partial charge in [0.05, 0.1) is 54.4 Å². The zero-order valence-electron chi connectivity index (χ0n) is 21.7. The van der Waals surface area contributed by atoms with E-state index in [-0.39, 0.29) is 85.7 Å². The molecule has 15 nitrogen and oxygen atoms in total. The van der Waals surface area contributed by atoms with E-state index in [0.717, 1.165) is 0 Å². The van der Waals surface area contributed by atoms with Gasteiger partial charge >= 0.3 is 11.7 Å². The van der Waals surface area contributed by atoms with Crippen molar-refractivity contribution in [2.45, 2.75) is 12.8 Å². The third-order valence-electron chi connectivity index (χ3n) is 5.88. The lowest BCUT2D eigenvalue weighted by Crippen LogP contribution is -2.26. The Kier molecular flexibility index (Phi) is 6.99. The standard InChI is InChI=1S/C28H10N12O3/c1-4-42-28(41)16(11-31)24-38-23(14-5-6-17-22(15(14)10-30)37-25(35-17)20(12-32)34-3)39-26(40-24)27-36-19-7-13(9-29)18(33-2)8-21(19)43-27/h5-8,16H,4H2,1H3/b25-20+. The molecule has 0 spiro atoms. The summed E-state index contributed by atoms with van der Waals surface area (Å²) >= 11 is 0. The van der Waals surface area contributed by atoms with Crippen LogP contribution in [0, 0.1) is 58.5 Å². The molecule has 2 aromatic heterocycles. The van der Waals surface area contributed by atoms with Crippen LogP contribution >= 0.6 is 0 Å². The predicted octanol–water partition coefficient (Wildman–Crippen LogP) is 2.68. The van der Waals surface area contributed by atoms with Crippen molar-refractivity contribution in [3.05, 3.63) is 86.3 Å². The number of esters is 1. The molecule has 4 aromatic rings. The molecule has 0 amide bonds. The Bertz CT molecular complexity index is 2250. The summed E-state index contributed by atoms with van der Waals surface area (Å²) in [5.74, 6) is -3.58. The number of hydrogen-bond acceptors (Lipinski definition) is 13. The van der Waals surface area contributed by atoms with Crippen molar-refractivity contribution < 1.29 is 13.9 Å². The number of carbonyl (C=O) groups is 1. The topological polar surface area (TPSA) is 220 Å². The van der Waals surface area contributed by atoms with Crippen LogP contribution in [-0.2, 0) is 9.53 Å². The zero-order valence-corrected chi connectivity index (χ0v) is 21.7. The fourth-order valence-corrected chi connectivity index (χ4v) is 3.98. The first kappa shape index (κ1) is 27.2. The predicted molar refractivity (Wildman–Crippen MR) is 140 cm³/mol. The molecular formula is C28H10N12O3. The summed E-state index contributed by atoms with van der Waals surface area (Å²) < 4.78 is 10.8. The van der Waals surface area contributed by atoms with E-state index in [4.69, 9.17) is 22.3 Å². The summed E-state index contributed by atoms with van der Waals surface area (Å²) in [6, 6.07) is 13.1. The molecule has 1 aliphatic heterocycles. The second-order valence-corrected chi connectivity index (χ2v) is 8.32. The SMILES string of the molecule is [C-]#[N+]/C(C#N)=C1\N=c2ccc(-c3nc(-c4nc5cc(C#N)c([N+]#[C-])cc5o4)nc(C(C#N)C(=O)OCC)n3)c(C#N)c2=N1. The van der Waals surface area contributed by atoms with Crippen LogP contribution in [0.2, 0.25) is 0 Å². The number of oxazole rings is 1. The van der Waals surface area contributed by atoms with Gasteiger partial charge in [-0.3, -0.25) is 4.79 Å². The molecule has 0 saturated heterocycles. The third kappa shape index (κ3) is 4.71. The summed E-state index contributed by atoms with van der Waals surface area (Å²) in [5, 5.41) is 38.8. The first-order chi connectivity index (χ1) is 20.9. The summed E-state index contributed by atoms with van der Waals surface area (Å²) in [6.45, 7) is 16.0. The molecule has 1 unspecified atom stereocenters. The van der Waals surface area contributed by atoms with E-state index in [1.54, 1.807) is 13.0 Å². The van der Waals surface area contributed by atoms with Crippen molar-refractivity contribution in [3.8, 4) is 47.4 Å². The normalized spacial score (nSPS) is 12.9. The maximum Gasteiger partial charge on any atom is 0.331 e. The van der Waals surface area contributed by atoms with Gasteiger partial charge in [0.15, 0.2) is 17.5 Å². The second-order valence-electron chi connectivity index (χ2n) is 8.32. The number of fused-ring (bicyclic) bond motifs is 2. The Labute approximate surface area is 240 Å². The number of nitrogens with zero attached hydrogens (tertiary/aromatic N) is 12. The number of carbonyl (C=O) groups excluding carboxylic acids is 1. The molecule has 2 aromatic carbocycles. The van der Waals surface area contributed by atoms with Crippen LogP contribution in [0.1, 0.15) is 29.8 Å². The van der Waals surface area contributed by atoms with Gasteiger partial charge in [0.1, 0.15) is 22.5 Å². The quantitative estimate of drug-likeness (QED) is 0.195. The van der Waals surface area contributed by atoms with Crippen LogP contribution in [0.4, 0.5) is 5.69 Å². The largest absolute Gasteiger partial charge is 0.465 e. The Hall–Kier alpha value is -7.33. The van der Waals surface area contributed by atoms with Gasteiger partial charge in [-0.1, -0.05) is 0 Å². The summed E-state index contributed by atoms with van der Waals surface area (Å²) in [7, 11) is 0. The molecule has 43 heavy (non-hydrogen) atoms. The first-order valence-electron chi connectivity index (χ1n) is 12.0. The number of hydrogen-bond donors (Lipinski definition) is 0. The minimum absolute atomic E-state index is 0.0168. The molecule has 5 rings (SSSR count). The van der Waals surface area contributed by atoms with Gasteiger partial charge in [0, 0.05) is 5.56 Å². The zero-order chi connectivity index (χ0) is 30.7. The highest BCUT2D eigenvalue weighted by Crippen LogP contribution is 2.30.